The van der Waals surface area contributed by atoms with E-state index in [1.165, 1.54) is 12.3 Å². The molecule has 3 aromatic rings. The zero-order valence-electron chi connectivity index (χ0n) is 13.7. The predicted molar refractivity (Wildman–Crippen MR) is 92.6 cm³/mol. The summed E-state index contributed by atoms with van der Waals surface area (Å²) < 4.78 is 31.6. The number of nitrogens with one attached hydrogen (secondary N) is 2. The van der Waals surface area contributed by atoms with Gasteiger partial charge in [-0.25, -0.2) is 18.7 Å². The van der Waals surface area contributed by atoms with E-state index >= 15 is 0 Å². The van der Waals surface area contributed by atoms with Crippen LogP contribution in [0, 0.1) is 11.6 Å². The predicted octanol–water partition coefficient (Wildman–Crippen LogP) is 3.76. The van der Waals surface area contributed by atoms with Crippen molar-refractivity contribution < 1.29 is 18.3 Å². The summed E-state index contributed by atoms with van der Waals surface area (Å²) in [6.45, 7) is 0. The zero-order chi connectivity index (χ0) is 18.5. The van der Waals surface area contributed by atoms with Crippen molar-refractivity contribution in [2.45, 2.75) is 0 Å². The quantitative estimate of drug-likeness (QED) is 0.728. The van der Waals surface area contributed by atoms with Crippen LogP contribution in [0.15, 0.2) is 54.7 Å². The molecule has 1 heterocycles. The molecule has 0 radical (unpaired) electrons. The summed E-state index contributed by atoms with van der Waals surface area (Å²) in [7, 11) is 1.57. The Morgan fingerprint density at radius 1 is 1.08 bits per heavy atom. The standard InChI is InChI=1S/C18H14F2N4O2/c1-26-13-5-3-12(4-6-13)22-18-21-9-8-16(24-18)17(25)23-15-7-2-11(19)10-14(15)20/h2-10H,1H3,(H,23,25)(H,21,22,24). The van der Waals surface area contributed by atoms with Gasteiger partial charge in [0.25, 0.3) is 5.91 Å². The lowest BCUT2D eigenvalue weighted by molar-refractivity contribution is 0.102. The van der Waals surface area contributed by atoms with Crippen molar-refractivity contribution in [3.63, 3.8) is 0 Å². The van der Waals surface area contributed by atoms with Crippen molar-refractivity contribution in [3.8, 4) is 5.75 Å². The first-order valence-electron chi connectivity index (χ1n) is 7.55. The summed E-state index contributed by atoms with van der Waals surface area (Å²) >= 11 is 0. The lowest BCUT2D eigenvalue weighted by atomic mass is 10.3. The number of aromatic nitrogens is 2. The van der Waals surface area contributed by atoms with Crippen molar-refractivity contribution in [3.05, 3.63) is 72.1 Å². The maximum atomic E-state index is 13.6. The first-order valence-corrected chi connectivity index (χ1v) is 7.55. The van der Waals surface area contributed by atoms with E-state index in [-0.39, 0.29) is 17.3 Å². The van der Waals surface area contributed by atoms with Crippen LogP contribution in [0.2, 0.25) is 0 Å². The van der Waals surface area contributed by atoms with Crippen molar-refractivity contribution in [1.29, 1.82) is 0 Å². The van der Waals surface area contributed by atoms with Crippen molar-refractivity contribution >= 4 is 23.2 Å². The van der Waals surface area contributed by atoms with E-state index in [1.54, 1.807) is 31.4 Å². The third-order valence-electron chi connectivity index (χ3n) is 3.41. The maximum absolute atomic E-state index is 13.6. The summed E-state index contributed by atoms with van der Waals surface area (Å²) in [5, 5.41) is 5.30. The summed E-state index contributed by atoms with van der Waals surface area (Å²) in [6, 6.07) is 11.3. The van der Waals surface area contributed by atoms with Crippen LogP contribution in [0.3, 0.4) is 0 Å². The number of ether oxygens (including phenoxy) is 1. The van der Waals surface area contributed by atoms with Gasteiger partial charge in [-0.2, -0.15) is 0 Å². The largest absolute Gasteiger partial charge is 0.497 e. The minimum atomic E-state index is -0.871. The molecule has 3 rings (SSSR count). The highest BCUT2D eigenvalue weighted by molar-refractivity contribution is 6.03. The fraction of sp³-hybridized carbons (Fsp3) is 0.0556. The molecule has 0 saturated heterocycles. The molecule has 1 aromatic heterocycles. The monoisotopic (exact) mass is 356 g/mol. The minimum Gasteiger partial charge on any atom is -0.497 e. The molecule has 0 fully saturated rings. The molecule has 2 N–H and O–H groups in total. The Balaban J connectivity index is 1.74. The second-order valence-corrected chi connectivity index (χ2v) is 5.20. The zero-order valence-corrected chi connectivity index (χ0v) is 13.7. The van der Waals surface area contributed by atoms with Crippen LogP contribution in [0.1, 0.15) is 10.5 Å². The third-order valence-corrected chi connectivity index (χ3v) is 3.41. The normalized spacial score (nSPS) is 10.3. The number of carbonyl (C=O) groups is 1. The van der Waals surface area contributed by atoms with E-state index < -0.39 is 17.5 Å². The molecular weight excluding hydrogens is 342 g/mol. The van der Waals surface area contributed by atoms with Crippen LogP contribution in [0.25, 0.3) is 0 Å². The van der Waals surface area contributed by atoms with Gasteiger partial charge in [-0.1, -0.05) is 0 Å². The van der Waals surface area contributed by atoms with Crippen LogP contribution < -0.4 is 15.4 Å². The number of carbonyl (C=O) groups excluding carboxylic acids is 1. The van der Waals surface area contributed by atoms with E-state index in [4.69, 9.17) is 4.74 Å². The molecule has 0 bridgehead atoms. The molecule has 0 unspecified atom stereocenters. The number of hydrogen-bond acceptors (Lipinski definition) is 5. The van der Waals surface area contributed by atoms with Crippen molar-refractivity contribution in [2.24, 2.45) is 0 Å². The third kappa shape index (κ3) is 4.10. The SMILES string of the molecule is COc1ccc(Nc2nccc(C(=O)Nc3ccc(F)cc3F)n2)cc1. The molecule has 132 valence electrons. The Morgan fingerprint density at radius 3 is 2.54 bits per heavy atom. The van der Waals surface area contributed by atoms with Crippen molar-refractivity contribution in [2.75, 3.05) is 17.7 Å². The Bertz CT molecular complexity index is 933. The molecule has 6 nitrogen and oxygen atoms in total. The highest BCUT2D eigenvalue weighted by Crippen LogP contribution is 2.19. The number of methoxy groups -OCH3 is 1. The van der Waals surface area contributed by atoms with Gasteiger partial charge in [-0.3, -0.25) is 4.79 Å². The molecule has 0 saturated carbocycles. The summed E-state index contributed by atoms with van der Waals surface area (Å²) in [5.41, 5.74) is 0.590. The number of anilines is 3. The van der Waals surface area contributed by atoms with E-state index in [2.05, 4.69) is 20.6 Å². The Kier molecular flexibility index (Phi) is 5.02. The molecule has 0 aliphatic carbocycles. The first-order chi connectivity index (χ1) is 12.5. The molecule has 1 amide bonds. The van der Waals surface area contributed by atoms with Gasteiger partial charge in [-0.15, -0.1) is 0 Å². The molecule has 0 atom stereocenters. The van der Waals surface area contributed by atoms with Gasteiger partial charge in [0, 0.05) is 18.0 Å². The number of amides is 1. The second-order valence-electron chi connectivity index (χ2n) is 5.20. The average molecular weight is 356 g/mol. The lowest BCUT2D eigenvalue weighted by Crippen LogP contribution is -2.15. The minimum absolute atomic E-state index is 0.0275. The van der Waals surface area contributed by atoms with E-state index in [0.717, 1.165) is 12.1 Å². The number of rotatable bonds is 5. The van der Waals surface area contributed by atoms with Crippen LogP contribution in [-0.2, 0) is 0 Å². The average Bonchev–Trinajstić information content (AvgIpc) is 2.65. The first kappa shape index (κ1) is 17.3. The van der Waals surface area contributed by atoms with E-state index in [9.17, 15) is 13.6 Å². The van der Waals surface area contributed by atoms with Gasteiger partial charge in [-0.05, 0) is 42.5 Å². The summed E-state index contributed by atoms with van der Waals surface area (Å²) in [4.78, 5) is 20.4. The number of nitrogens with zero attached hydrogens (tertiary/aromatic N) is 2. The maximum Gasteiger partial charge on any atom is 0.274 e. The van der Waals surface area contributed by atoms with Crippen LogP contribution in [-0.4, -0.2) is 23.0 Å². The number of hydrogen-bond donors (Lipinski definition) is 2. The Labute approximate surface area is 147 Å². The fourth-order valence-electron chi connectivity index (χ4n) is 2.13. The molecule has 0 aliphatic heterocycles. The van der Waals surface area contributed by atoms with Crippen LogP contribution >= 0.6 is 0 Å². The molecule has 8 heteroatoms. The van der Waals surface area contributed by atoms with E-state index in [0.29, 0.717) is 17.5 Å². The lowest BCUT2D eigenvalue weighted by Gasteiger charge is -2.08. The van der Waals surface area contributed by atoms with Gasteiger partial charge < -0.3 is 15.4 Å². The smallest absolute Gasteiger partial charge is 0.274 e. The van der Waals surface area contributed by atoms with E-state index in [1.807, 2.05) is 0 Å². The molecule has 2 aromatic carbocycles. The second kappa shape index (κ2) is 7.56. The highest BCUT2D eigenvalue weighted by Gasteiger charge is 2.12. The fourth-order valence-corrected chi connectivity index (χ4v) is 2.13. The van der Waals surface area contributed by atoms with Crippen LogP contribution in [0.5, 0.6) is 5.75 Å². The molecule has 26 heavy (non-hydrogen) atoms. The molecule has 0 spiro atoms. The van der Waals surface area contributed by atoms with Gasteiger partial charge in [0.1, 0.15) is 23.1 Å². The Morgan fingerprint density at radius 2 is 1.85 bits per heavy atom. The molecular formula is C18H14F2N4O2. The summed E-state index contributed by atoms with van der Waals surface area (Å²) in [5.74, 6) is -1.35. The topological polar surface area (TPSA) is 76.1 Å². The van der Waals surface area contributed by atoms with Crippen LogP contribution in [0.4, 0.5) is 26.1 Å². The van der Waals surface area contributed by atoms with Crippen molar-refractivity contribution in [1.82, 2.24) is 9.97 Å². The highest BCUT2D eigenvalue weighted by atomic mass is 19.1. The van der Waals surface area contributed by atoms with Gasteiger partial charge in [0.05, 0.1) is 12.8 Å². The molecule has 0 aliphatic rings. The number of halogens is 2. The van der Waals surface area contributed by atoms with Gasteiger partial charge >= 0.3 is 0 Å². The summed E-state index contributed by atoms with van der Waals surface area (Å²) in [6.07, 6.45) is 1.40. The van der Waals surface area contributed by atoms with Gasteiger partial charge in [0.2, 0.25) is 5.95 Å². The number of benzene rings is 2. The Hall–Kier alpha value is -3.55. The van der Waals surface area contributed by atoms with Gasteiger partial charge in [0.15, 0.2) is 0 Å².